The number of carbonyl (C=O) groups excluding carboxylic acids is 1. The average molecular weight is 287 g/mol. The summed E-state index contributed by atoms with van der Waals surface area (Å²) in [5.41, 5.74) is 1.77. The number of hydrogen-bond donors (Lipinski definition) is 2. The fourth-order valence-corrected chi connectivity index (χ4v) is 1.48. The lowest BCUT2D eigenvalue weighted by Crippen LogP contribution is -2.40. The van der Waals surface area contributed by atoms with Crippen molar-refractivity contribution in [3.63, 3.8) is 0 Å². The number of nitrogens with zero attached hydrogens (tertiary/aromatic N) is 1. The van der Waals surface area contributed by atoms with Gasteiger partial charge in [0.05, 0.1) is 6.54 Å². The van der Waals surface area contributed by atoms with Crippen LogP contribution in [0.1, 0.15) is 12.5 Å². The molecule has 1 unspecified atom stereocenters. The molecule has 0 aromatic heterocycles. The summed E-state index contributed by atoms with van der Waals surface area (Å²) < 4.78 is 0. The molecular formula is C13H19ClN2O3. The third-order valence-electron chi connectivity index (χ3n) is 2.71. The van der Waals surface area contributed by atoms with Gasteiger partial charge in [0, 0.05) is 5.69 Å². The minimum atomic E-state index is -0.944. The van der Waals surface area contributed by atoms with Gasteiger partial charge in [-0.2, -0.15) is 0 Å². The van der Waals surface area contributed by atoms with Crippen molar-refractivity contribution in [1.29, 1.82) is 0 Å². The second-order valence-electron chi connectivity index (χ2n) is 4.35. The molecule has 6 heteroatoms. The number of amides is 1. The van der Waals surface area contributed by atoms with Crippen molar-refractivity contribution in [3.05, 3.63) is 29.8 Å². The zero-order valence-electron chi connectivity index (χ0n) is 11.2. The quantitative estimate of drug-likeness (QED) is 0.865. The molecule has 0 aliphatic heterocycles. The van der Waals surface area contributed by atoms with E-state index in [2.05, 4.69) is 5.32 Å². The van der Waals surface area contributed by atoms with Crippen LogP contribution in [-0.4, -0.2) is 41.5 Å². The Morgan fingerprint density at radius 1 is 1.42 bits per heavy atom. The van der Waals surface area contributed by atoms with Gasteiger partial charge >= 0.3 is 5.97 Å². The van der Waals surface area contributed by atoms with Gasteiger partial charge < -0.3 is 10.4 Å². The molecule has 1 atom stereocenters. The molecule has 1 aromatic rings. The van der Waals surface area contributed by atoms with Gasteiger partial charge in [0.25, 0.3) is 0 Å². The van der Waals surface area contributed by atoms with E-state index < -0.39 is 12.0 Å². The maximum Gasteiger partial charge on any atom is 0.320 e. The number of anilines is 1. The topological polar surface area (TPSA) is 69.6 Å². The average Bonchev–Trinajstić information content (AvgIpc) is 2.27. The summed E-state index contributed by atoms with van der Waals surface area (Å²) >= 11 is 0. The molecule has 0 saturated heterocycles. The van der Waals surface area contributed by atoms with Crippen LogP contribution >= 0.6 is 12.4 Å². The Morgan fingerprint density at radius 2 is 2.05 bits per heavy atom. The summed E-state index contributed by atoms with van der Waals surface area (Å²) in [6, 6.07) is 6.76. The molecule has 0 fully saturated rings. The number of nitrogens with one attached hydrogen (secondary N) is 1. The Labute approximate surface area is 119 Å². The standard InChI is InChI=1S/C13H18N2O3.ClH/c1-9-5-4-6-11(7-9)14-12(16)8-15(3)10(2)13(17)18;/h4-7,10H,8H2,1-3H3,(H,14,16)(H,17,18);1H. The van der Waals surface area contributed by atoms with Gasteiger partial charge in [0.2, 0.25) is 5.91 Å². The van der Waals surface area contributed by atoms with E-state index in [1.165, 1.54) is 4.90 Å². The number of aryl methyl sites for hydroxylation is 1. The van der Waals surface area contributed by atoms with Crippen LogP contribution in [0, 0.1) is 6.92 Å². The summed E-state index contributed by atoms with van der Waals surface area (Å²) in [5.74, 6) is -1.17. The molecule has 5 nitrogen and oxygen atoms in total. The molecule has 19 heavy (non-hydrogen) atoms. The predicted octanol–water partition coefficient (Wildman–Crippen LogP) is 1.76. The SMILES string of the molecule is Cc1cccc(NC(=O)CN(C)C(C)C(=O)O)c1.Cl. The molecule has 0 saturated carbocycles. The van der Waals surface area contributed by atoms with Gasteiger partial charge in [-0.25, -0.2) is 0 Å². The van der Waals surface area contributed by atoms with E-state index in [0.717, 1.165) is 11.3 Å². The summed E-state index contributed by atoms with van der Waals surface area (Å²) in [6.45, 7) is 3.53. The van der Waals surface area contributed by atoms with Crippen molar-refractivity contribution >= 4 is 30.0 Å². The first-order valence-corrected chi connectivity index (χ1v) is 5.69. The number of halogens is 1. The molecule has 0 bridgehead atoms. The first kappa shape index (κ1) is 17.4. The van der Waals surface area contributed by atoms with Crippen molar-refractivity contribution in [1.82, 2.24) is 4.90 Å². The number of aliphatic carboxylic acids is 1. The maximum atomic E-state index is 11.7. The fraction of sp³-hybridized carbons (Fsp3) is 0.385. The highest BCUT2D eigenvalue weighted by atomic mass is 35.5. The largest absolute Gasteiger partial charge is 0.480 e. The van der Waals surface area contributed by atoms with E-state index in [1.54, 1.807) is 20.0 Å². The molecule has 2 N–H and O–H groups in total. The van der Waals surface area contributed by atoms with Crippen molar-refractivity contribution in [2.24, 2.45) is 0 Å². The monoisotopic (exact) mass is 286 g/mol. The first-order valence-electron chi connectivity index (χ1n) is 5.69. The molecule has 0 aliphatic rings. The summed E-state index contributed by atoms with van der Waals surface area (Å²) in [7, 11) is 1.61. The van der Waals surface area contributed by atoms with Gasteiger partial charge in [0.1, 0.15) is 6.04 Å². The normalized spacial score (nSPS) is 11.6. The number of carboxylic acids is 1. The van der Waals surface area contributed by atoms with Gasteiger partial charge in [-0.3, -0.25) is 14.5 Å². The van der Waals surface area contributed by atoms with Crippen LogP contribution in [0.15, 0.2) is 24.3 Å². The lowest BCUT2D eigenvalue weighted by molar-refractivity contribution is -0.142. The number of rotatable bonds is 5. The molecule has 0 spiro atoms. The molecule has 0 heterocycles. The van der Waals surface area contributed by atoms with E-state index in [9.17, 15) is 9.59 Å². The molecule has 106 valence electrons. The number of benzene rings is 1. The highest BCUT2D eigenvalue weighted by molar-refractivity contribution is 5.92. The minimum absolute atomic E-state index is 0. The van der Waals surface area contributed by atoms with Gasteiger partial charge in [-0.15, -0.1) is 12.4 Å². The Kier molecular flexibility index (Phi) is 7.11. The van der Waals surface area contributed by atoms with Crippen LogP contribution in [0.25, 0.3) is 0 Å². The van der Waals surface area contributed by atoms with E-state index >= 15 is 0 Å². The van der Waals surface area contributed by atoms with Crippen LogP contribution in [0.4, 0.5) is 5.69 Å². The zero-order valence-corrected chi connectivity index (χ0v) is 12.0. The minimum Gasteiger partial charge on any atom is -0.480 e. The van der Waals surface area contributed by atoms with Crippen LogP contribution < -0.4 is 5.32 Å². The smallest absolute Gasteiger partial charge is 0.320 e. The summed E-state index contributed by atoms with van der Waals surface area (Å²) in [6.07, 6.45) is 0. The Balaban J connectivity index is 0.00000324. The van der Waals surface area contributed by atoms with Gasteiger partial charge in [-0.1, -0.05) is 12.1 Å². The van der Waals surface area contributed by atoms with Crippen LogP contribution in [0.2, 0.25) is 0 Å². The molecule has 0 radical (unpaired) electrons. The molecule has 0 aliphatic carbocycles. The molecule has 1 amide bonds. The van der Waals surface area contributed by atoms with Crippen molar-refractivity contribution in [2.75, 3.05) is 18.9 Å². The van der Waals surface area contributed by atoms with Gasteiger partial charge in [-0.05, 0) is 38.6 Å². The Hall–Kier alpha value is -1.59. The van der Waals surface area contributed by atoms with Gasteiger partial charge in [0.15, 0.2) is 0 Å². The highest BCUT2D eigenvalue weighted by Crippen LogP contribution is 2.09. The predicted molar refractivity (Wildman–Crippen MR) is 76.8 cm³/mol. The summed E-state index contributed by atoms with van der Waals surface area (Å²) in [5, 5.41) is 11.6. The van der Waals surface area contributed by atoms with Crippen LogP contribution in [0.5, 0.6) is 0 Å². The third kappa shape index (κ3) is 5.72. The zero-order chi connectivity index (χ0) is 13.7. The molecule has 1 rings (SSSR count). The number of likely N-dealkylation sites (N-methyl/N-ethyl adjacent to an activating group) is 1. The van der Waals surface area contributed by atoms with Crippen molar-refractivity contribution in [3.8, 4) is 0 Å². The first-order chi connectivity index (χ1) is 8.40. The second-order valence-corrected chi connectivity index (χ2v) is 4.35. The third-order valence-corrected chi connectivity index (χ3v) is 2.71. The molecular weight excluding hydrogens is 268 g/mol. The van der Waals surface area contributed by atoms with Crippen LogP contribution in [-0.2, 0) is 9.59 Å². The van der Waals surface area contributed by atoms with Crippen molar-refractivity contribution in [2.45, 2.75) is 19.9 Å². The van der Waals surface area contributed by atoms with E-state index in [4.69, 9.17) is 5.11 Å². The summed E-state index contributed by atoms with van der Waals surface area (Å²) in [4.78, 5) is 23.9. The Morgan fingerprint density at radius 3 is 2.58 bits per heavy atom. The highest BCUT2D eigenvalue weighted by Gasteiger charge is 2.18. The van der Waals surface area contributed by atoms with Crippen molar-refractivity contribution < 1.29 is 14.7 Å². The van der Waals surface area contributed by atoms with Crippen LogP contribution in [0.3, 0.4) is 0 Å². The lowest BCUT2D eigenvalue weighted by Gasteiger charge is -2.20. The number of hydrogen-bond acceptors (Lipinski definition) is 3. The molecule has 1 aromatic carbocycles. The Bertz CT molecular complexity index is 451. The fourth-order valence-electron chi connectivity index (χ4n) is 1.48. The van der Waals surface area contributed by atoms with E-state index in [1.807, 2.05) is 25.1 Å². The maximum absolute atomic E-state index is 11.7. The lowest BCUT2D eigenvalue weighted by atomic mass is 10.2. The van der Waals surface area contributed by atoms with E-state index in [-0.39, 0.29) is 24.9 Å². The second kappa shape index (κ2) is 7.76. The number of carbonyl (C=O) groups is 2. The number of carboxylic acid groups (broad SMARTS) is 1. The van der Waals surface area contributed by atoms with E-state index in [0.29, 0.717) is 0 Å².